The molecule has 2 aliphatic rings. The number of imide groups is 1. The number of rotatable bonds is 11. The average Bonchev–Trinajstić information content (AvgIpc) is 3.72. The molecule has 5 rings (SSSR count). The Balaban J connectivity index is 1.51. The molecule has 3 aromatic rings. The van der Waals surface area contributed by atoms with Crippen LogP contribution >= 0.6 is 0 Å². The molecule has 0 N–H and O–H groups in total. The number of amides is 2. The Morgan fingerprint density at radius 2 is 1.78 bits per heavy atom. The molecule has 1 fully saturated rings. The van der Waals surface area contributed by atoms with E-state index in [0.29, 0.717) is 23.4 Å². The lowest BCUT2D eigenvalue weighted by Crippen LogP contribution is -2.53. The van der Waals surface area contributed by atoms with E-state index in [4.69, 9.17) is 14.3 Å². The maximum Gasteiger partial charge on any atom is 0.380 e. The van der Waals surface area contributed by atoms with Crippen LogP contribution in [0.5, 0.6) is 5.75 Å². The number of likely N-dealkylation sites (tertiary alicyclic amines) is 1. The molecule has 0 spiro atoms. The standard InChI is InChI=1S/C31H30F3N5O6/c1-4-44-30(42)31(21-15-22(32)29(34)23(33)16-21)39(13-5-12-38-27(40)10-11-28(38)41)26(36-45-31)9-7-20-6-8-24(25(14-20)43-3)37-17-19(2)35-18-37/h6-9,14-18H,4-5,10-13H2,1-3H3/b9-7+. The predicted octanol–water partition coefficient (Wildman–Crippen LogP) is 4.22. The number of hydrogen-bond acceptors (Lipinski definition) is 9. The molecule has 0 aliphatic carbocycles. The van der Waals surface area contributed by atoms with E-state index in [1.807, 2.05) is 23.8 Å². The molecule has 2 aromatic carbocycles. The van der Waals surface area contributed by atoms with Gasteiger partial charge in [-0.1, -0.05) is 17.3 Å². The number of amidine groups is 1. The minimum absolute atomic E-state index is 0.0165. The number of aromatic nitrogens is 2. The Morgan fingerprint density at radius 1 is 1.07 bits per heavy atom. The van der Waals surface area contributed by atoms with Crippen molar-refractivity contribution < 1.29 is 41.9 Å². The quantitative estimate of drug-likeness (QED) is 0.177. The van der Waals surface area contributed by atoms with Crippen LogP contribution in [-0.2, 0) is 29.7 Å². The fourth-order valence-corrected chi connectivity index (χ4v) is 5.21. The second-order valence-electron chi connectivity index (χ2n) is 10.3. The molecule has 236 valence electrons. The lowest BCUT2D eigenvalue weighted by Gasteiger charge is -2.35. The van der Waals surface area contributed by atoms with Crippen molar-refractivity contribution in [1.29, 1.82) is 0 Å². The van der Waals surface area contributed by atoms with Crippen LogP contribution in [0.4, 0.5) is 13.2 Å². The number of aryl methyl sites for hydroxylation is 1. The van der Waals surface area contributed by atoms with Gasteiger partial charge in [0.25, 0.3) is 0 Å². The highest BCUT2D eigenvalue weighted by Crippen LogP contribution is 2.39. The maximum absolute atomic E-state index is 14.5. The first-order chi connectivity index (χ1) is 21.6. The Hall–Kier alpha value is -5.14. The van der Waals surface area contributed by atoms with E-state index in [-0.39, 0.29) is 56.6 Å². The third kappa shape index (κ3) is 5.99. The Labute approximate surface area is 256 Å². The molecule has 1 saturated heterocycles. The summed E-state index contributed by atoms with van der Waals surface area (Å²) in [5, 5.41) is 4.06. The zero-order valence-electron chi connectivity index (χ0n) is 24.8. The molecule has 1 atom stereocenters. The van der Waals surface area contributed by atoms with Crippen LogP contribution in [0.15, 0.2) is 54.1 Å². The molecule has 0 bridgehead atoms. The summed E-state index contributed by atoms with van der Waals surface area (Å²) < 4.78 is 55.6. The minimum Gasteiger partial charge on any atom is -0.495 e. The molecule has 2 amide bonds. The Morgan fingerprint density at radius 3 is 2.40 bits per heavy atom. The van der Waals surface area contributed by atoms with Crippen LogP contribution in [0.25, 0.3) is 11.8 Å². The molecule has 1 unspecified atom stereocenters. The van der Waals surface area contributed by atoms with Gasteiger partial charge < -0.3 is 23.8 Å². The second-order valence-corrected chi connectivity index (χ2v) is 10.3. The molecule has 45 heavy (non-hydrogen) atoms. The first-order valence-electron chi connectivity index (χ1n) is 14.1. The summed E-state index contributed by atoms with van der Waals surface area (Å²) in [5.41, 5.74) is -0.517. The topological polar surface area (TPSA) is 116 Å². The van der Waals surface area contributed by atoms with Gasteiger partial charge in [0.15, 0.2) is 23.3 Å². The number of carbonyl (C=O) groups excluding carboxylic acids is 3. The summed E-state index contributed by atoms with van der Waals surface area (Å²) in [5.74, 6) is -5.93. The van der Waals surface area contributed by atoms with E-state index in [2.05, 4.69) is 10.1 Å². The van der Waals surface area contributed by atoms with Crippen LogP contribution < -0.4 is 4.74 Å². The first-order valence-corrected chi connectivity index (χ1v) is 14.1. The number of oxime groups is 1. The van der Waals surface area contributed by atoms with Crippen molar-refractivity contribution in [1.82, 2.24) is 19.4 Å². The van der Waals surface area contributed by atoms with Crippen molar-refractivity contribution in [3.63, 3.8) is 0 Å². The number of methoxy groups -OCH3 is 1. The molecule has 0 radical (unpaired) electrons. The summed E-state index contributed by atoms with van der Waals surface area (Å²) >= 11 is 0. The molecule has 3 heterocycles. The third-order valence-corrected chi connectivity index (χ3v) is 7.39. The van der Waals surface area contributed by atoms with Crippen molar-refractivity contribution in [3.8, 4) is 11.4 Å². The maximum atomic E-state index is 14.5. The summed E-state index contributed by atoms with van der Waals surface area (Å²) in [7, 11) is 1.53. The lowest BCUT2D eigenvalue weighted by molar-refractivity contribution is -0.189. The van der Waals surface area contributed by atoms with Gasteiger partial charge in [0.2, 0.25) is 11.8 Å². The number of halogens is 3. The highest BCUT2D eigenvalue weighted by atomic mass is 19.2. The van der Waals surface area contributed by atoms with Crippen LogP contribution in [0.3, 0.4) is 0 Å². The van der Waals surface area contributed by atoms with E-state index in [1.54, 1.807) is 24.5 Å². The second kappa shape index (κ2) is 12.8. The van der Waals surface area contributed by atoms with Crippen molar-refractivity contribution >= 4 is 29.7 Å². The molecule has 14 heteroatoms. The van der Waals surface area contributed by atoms with Crippen molar-refractivity contribution in [2.45, 2.75) is 38.8 Å². The van der Waals surface area contributed by atoms with E-state index in [0.717, 1.165) is 16.3 Å². The zero-order valence-corrected chi connectivity index (χ0v) is 24.8. The summed E-state index contributed by atoms with van der Waals surface area (Å²) in [4.78, 5) is 50.2. The average molecular weight is 626 g/mol. The summed E-state index contributed by atoms with van der Waals surface area (Å²) in [6.45, 7) is 3.21. The van der Waals surface area contributed by atoms with Gasteiger partial charge in [0.1, 0.15) is 5.75 Å². The van der Waals surface area contributed by atoms with Gasteiger partial charge >= 0.3 is 11.7 Å². The van der Waals surface area contributed by atoms with Crippen molar-refractivity contribution in [2.24, 2.45) is 5.16 Å². The molecule has 0 saturated carbocycles. The van der Waals surface area contributed by atoms with Crippen LogP contribution in [0, 0.1) is 24.4 Å². The van der Waals surface area contributed by atoms with Gasteiger partial charge in [0, 0.05) is 37.7 Å². The number of carbonyl (C=O) groups is 3. The Bertz CT molecular complexity index is 1670. The highest BCUT2D eigenvalue weighted by Gasteiger charge is 2.56. The molecule has 11 nitrogen and oxygen atoms in total. The smallest absolute Gasteiger partial charge is 0.380 e. The normalized spacial score (nSPS) is 18.1. The van der Waals surface area contributed by atoms with E-state index in [9.17, 15) is 27.6 Å². The predicted molar refractivity (Wildman–Crippen MR) is 154 cm³/mol. The highest BCUT2D eigenvalue weighted by molar-refractivity contribution is 6.02. The van der Waals surface area contributed by atoms with Gasteiger partial charge in [-0.05, 0) is 56.2 Å². The SMILES string of the molecule is CCOC(=O)C1(c2cc(F)c(F)c(F)c2)ON=C(/C=C/c2ccc(-n3cnc(C)c3)c(OC)c2)N1CCCN1C(=O)CCC1=O. The van der Waals surface area contributed by atoms with Crippen LogP contribution in [0.2, 0.25) is 0 Å². The number of nitrogens with zero attached hydrogens (tertiary/aromatic N) is 5. The minimum atomic E-state index is -2.34. The number of imidazole rings is 1. The van der Waals surface area contributed by atoms with Gasteiger partial charge in [-0.15, -0.1) is 0 Å². The van der Waals surface area contributed by atoms with Crippen LogP contribution in [-0.4, -0.2) is 69.8 Å². The number of benzene rings is 2. The molecule has 2 aliphatic heterocycles. The largest absolute Gasteiger partial charge is 0.495 e. The number of ether oxygens (including phenoxy) is 2. The molecular weight excluding hydrogens is 595 g/mol. The summed E-state index contributed by atoms with van der Waals surface area (Å²) in [6, 6.07) is 6.66. The fourth-order valence-electron chi connectivity index (χ4n) is 5.21. The zero-order chi connectivity index (χ0) is 32.3. The monoisotopic (exact) mass is 625 g/mol. The number of esters is 1. The van der Waals surface area contributed by atoms with Gasteiger partial charge in [0.05, 0.1) is 31.4 Å². The van der Waals surface area contributed by atoms with E-state index >= 15 is 0 Å². The fraction of sp³-hybridized carbons (Fsp3) is 0.323. The van der Waals surface area contributed by atoms with Gasteiger partial charge in [-0.2, -0.15) is 0 Å². The third-order valence-electron chi connectivity index (χ3n) is 7.39. The Kier molecular flexibility index (Phi) is 8.93. The van der Waals surface area contributed by atoms with Crippen molar-refractivity contribution in [2.75, 3.05) is 26.8 Å². The van der Waals surface area contributed by atoms with Crippen LogP contribution in [0.1, 0.15) is 43.0 Å². The molecule has 1 aromatic heterocycles. The lowest BCUT2D eigenvalue weighted by atomic mass is 9.99. The summed E-state index contributed by atoms with van der Waals surface area (Å²) in [6.07, 6.45) is 7.00. The van der Waals surface area contributed by atoms with Gasteiger partial charge in [-0.3, -0.25) is 14.5 Å². The number of hydrogen-bond donors (Lipinski definition) is 0. The van der Waals surface area contributed by atoms with E-state index in [1.165, 1.54) is 25.0 Å². The van der Waals surface area contributed by atoms with Crippen molar-refractivity contribution in [3.05, 3.63) is 83.2 Å². The molecular formula is C31H30F3N5O6. The van der Waals surface area contributed by atoms with E-state index < -0.39 is 34.7 Å². The van der Waals surface area contributed by atoms with Gasteiger partial charge in [-0.25, -0.2) is 22.9 Å². The first kappa shape index (κ1) is 31.3.